The molecule has 1 atom stereocenters. The number of carbonyl (C=O) groups excluding carboxylic acids is 2. The first-order chi connectivity index (χ1) is 21.3. The van der Waals surface area contributed by atoms with Crippen molar-refractivity contribution in [2.75, 3.05) is 61.0 Å². The van der Waals surface area contributed by atoms with Crippen LogP contribution in [-0.2, 0) is 9.59 Å². The number of nitrogens with one attached hydrogen (secondary N) is 1. The third-order valence-corrected chi connectivity index (χ3v) is 8.72. The number of ether oxygens (including phenoxy) is 1. The smallest absolute Gasteiger partial charge is 0.256 e. The van der Waals surface area contributed by atoms with Crippen molar-refractivity contribution in [1.29, 1.82) is 0 Å². The predicted molar refractivity (Wildman–Crippen MR) is 182 cm³/mol. The van der Waals surface area contributed by atoms with Crippen LogP contribution in [-0.4, -0.2) is 78.6 Å². The standard InChI is InChI=1S/C33H37Cl2N5O3S/c1-2-21-43-29-13-9-26(10-14-29)36-31(41)23-30-32(42)40(27-11-7-24(34)8-12-27)33(44)39(30)16-4-15-37-17-19-38(20-18-37)28-6-3-5-25(35)22-28/h3,5-14,22,30H,2,4,15-21,23H2,1H3,(H,36,41). The molecule has 2 fully saturated rings. The van der Waals surface area contributed by atoms with Crippen LogP contribution in [0.25, 0.3) is 0 Å². The molecule has 0 bridgehead atoms. The molecule has 2 saturated heterocycles. The third-order valence-electron chi connectivity index (χ3n) is 7.81. The maximum atomic E-state index is 13.7. The van der Waals surface area contributed by atoms with Gasteiger partial charge in [-0.15, -0.1) is 0 Å². The van der Waals surface area contributed by atoms with Crippen LogP contribution in [0.1, 0.15) is 26.2 Å². The van der Waals surface area contributed by atoms with E-state index in [1.807, 2.05) is 42.2 Å². The maximum Gasteiger partial charge on any atom is 0.256 e. The van der Waals surface area contributed by atoms with Gasteiger partial charge in [-0.2, -0.15) is 0 Å². The minimum atomic E-state index is -0.704. The Balaban J connectivity index is 1.21. The molecule has 0 radical (unpaired) electrons. The van der Waals surface area contributed by atoms with Gasteiger partial charge in [-0.25, -0.2) is 0 Å². The summed E-state index contributed by atoms with van der Waals surface area (Å²) < 4.78 is 5.63. The van der Waals surface area contributed by atoms with E-state index in [0.29, 0.717) is 34.7 Å². The topological polar surface area (TPSA) is 68.4 Å². The highest BCUT2D eigenvalue weighted by molar-refractivity contribution is 7.80. The fourth-order valence-electron chi connectivity index (χ4n) is 5.52. The number of anilines is 3. The zero-order valence-electron chi connectivity index (χ0n) is 24.8. The molecule has 0 saturated carbocycles. The van der Waals surface area contributed by atoms with Gasteiger partial charge in [0.25, 0.3) is 5.91 Å². The van der Waals surface area contributed by atoms with E-state index in [4.69, 9.17) is 40.2 Å². The number of thiocarbonyl (C=S) groups is 1. The van der Waals surface area contributed by atoms with Crippen molar-refractivity contribution in [3.8, 4) is 5.75 Å². The molecule has 232 valence electrons. The fraction of sp³-hybridized carbons (Fsp3) is 0.364. The molecule has 0 aliphatic carbocycles. The van der Waals surface area contributed by atoms with Crippen molar-refractivity contribution in [1.82, 2.24) is 9.80 Å². The molecule has 2 amide bonds. The van der Waals surface area contributed by atoms with E-state index < -0.39 is 6.04 Å². The molecule has 11 heteroatoms. The van der Waals surface area contributed by atoms with Gasteiger partial charge in [0.2, 0.25) is 5.91 Å². The van der Waals surface area contributed by atoms with E-state index in [-0.39, 0.29) is 18.2 Å². The Hall–Kier alpha value is -3.37. The second-order valence-electron chi connectivity index (χ2n) is 10.9. The summed E-state index contributed by atoms with van der Waals surface area (Å²) in [4.78, 5) is 35.1. The summed E-state index contributed by atoms with van der Waals surface area (Å²) in [5.41, 5.74) is 2.42. The normalized spacial score (nSPS) is 17.3. The predicted octanol–water partition coefficient (Wildman–Crippen LogP) is 6.33. The number of hydrogen-bond donors (Lipinski definition) is 1. The molecule has 1 N–H and O–H groups in total. The second-order valence-corrected chi connectivity index (χ2v) is 12.2. The maximum absolute atomic E-state index is 13.7. The van der Waals surface area contributed by atoms with Crippen molar-refractivity contribution < 1.29 is 14.3 Å². The molecule has 2 aliphatic heterocycles. The van der Waals surface area contributed by atoms with Crippen LogP contribution in [0.4, 0.5) is 17.1 Å². The van der Waals surface area contributed by atoms with Crippen LogP contribution < -0.4 is 19.9 Å². The molecule has 0 aromatic heterocycles. The third kappa shape index (κ3) is 8.01. The Labute approximate surface area is 274 Å². The zero-order chi connectivity index (χ0) is 31.1. The summed E-state index contributed by atoms with van der Waals surface area (Å²) in [6.45, 7) is 7.80. The molecule has 5 rings (SSSR count). The molecule has 1 unspecified atom stereocenters. The Bertz CT molecular complexity index is 1450. The van der Waals surface area contributed by atoms with E-state index in [0.717, 1.165) is 62.0 Å². The molecule has 8 nitrogen and oxygen atoms in total. The molecule has 2 heterocycles. The number of hydrogen-bond acceptors (Lipinski definition) is 6. The summed E-state index contributed by atoms with van der Waals surface area (Å²) in [7, 11) is 0. The van der Waals surface area contributed by atoms with E-state index in [2.05, 4.69) is 21.2 Å². The first kappa shape index (κ1) is 32.0. The summed E-state index contributed by atoms with van der Waals surface area (Å²) in [6, 6.07) is 21.5. The lowest BCUT2D eigenvalue weighted by atomic mass is 10.1. The highest BCUT2D eigenvalue weighted by Gasteiger charge is 2.44. The average Bonchev–Trinajstić information content (AvgIpc) is 3.25. The molecule has 44 heavy (non-hydrogen) atoms. The van der Waals surface area contributed by atoms with Crippen LogP contribution >= 0.6 is 35.4 Å². The highest BCUT2D eigenvalue weighted by atomic mass is 35.5. The Morgan fingerprint density at radius 2 is 1.66 bits per heavy atom. The molecular weight excluding hydrogens is 617 g/mol. The summed E-state index contributed by atoms with van der Waals surface area (Å²) in [6.07, 6.45) is 1.70. The first-order valence-electron chi connectivity index (χ1n) is 15.0. The second kappa shape index (κ2) is 15.1. The number of piperazine rings is 1. The number of amides is 2. The highest BCUT2D eigenvalue weighted by Crippen LogP contribution is 2.29. The van der Waals surface area contributed by atoms with Crippen molar-refractivity contribution in [2.24, 2.45) is 0 Å². The average molecular weight is 655 g/mol. The van der Waals surface area contributed by atoms with Gasteiger partial charge in [-0.1, -0.05) is 36.2 Å². The Morgan fingerprint density at radius 3 is 2.34 bits per heavy atom. The lowest BCUT2D eigenvalue weighted by Crippen LogP contribution is -2.47. The number of halogens is 2. The van der Waals surface area contributed by atoms with Crippen LogP contribution in [0.2, 0.25) is 10.0 Å². The molecule has 0 spiro atoms. The number of carbonyl (C=O) groups is 2. The van der Waals surface area contributed by atoms with Gasteiger partial charge < -0.3 is 19.9 Å². The van der Waals surface area contributed by atoms with E-state index in [9.17, 15) is 9.59 Å². The first-order valence-corrected chi connectivity index (χ1v) is 16.1. The van der Waals surface area contributed by atoms with Gasteiger partial charge in [-0.05, 0) is 98.3 Å². The van der Waals surface area contributed by atoms with E-state index in [1.54, 1.807) is 36.4 Å². The summed E-state index contributed by atoms with van der Waals surface area (Å²) >= 11 is 18.1. The van der Waals surface area contributed by atoms with Crippen LogP contribution in [0.5, 0.6) is 5.75 Å². The van der Waals surface area contributed by atoms with Crippen LogP contribution in [0.15, 0.2) is 72.8 Å². The van der Waals surface area contributed by atoms with Crippen molar-refractivity contribution in [2.45, 2.75) is 32.2 Å². The van der Waals surface area contributed by atoms with Crippen LogP contribution in [0, 0.1) is 0 Å². The van der Waals surface area contributed by atoms with E-state index >= 15 is 0 Å². The minimum Gasteiger partial charge on any atom is -0.494 e. The van der Waals surface area contributed by atoms with Gasteiger partial charge in [0.1, 0.15) is 11.8 Å². The van der Waals surface area contributed by atoms with Gasteiger partial charge in [0.15, 0.2) is 5.11 Å². The van der Waals surface area contributed by atoms with Crippen LogP contribution in [0.3, 0.4) is 0 Å². The van der Waals surface area contributed by atoms with Gasteiger partial charge in [0.05, 0.1) is 18.7 Å². The van der Waals surface area contributed by atoms with Crippen molar-refractivity contribution in [3.63, 3.8) is 0 Å². The number of rotatable bonds is 12. The van der Waals surface area contributed by atoms with Crippen molar-refractivity contribution >= 4 is 69.4 Å². The number of nitrogens with zero attached hydrogens (tertiary/aromatic N) is 4. The molecule has 2 aliphatic rings. The summed E-state index contributed by atoms with van der Waals surface area (Å²) in [5.74, 6) is 0.274. The van der Waals surface area contributed by atoms with Gasteiger partial charge in [-0.3, -0.25) is 19.4 Å². The Morgan fingerprint density at radius 1 is 0.932 bits per heavy atom. The molecule has 3 aromatic rings. The largest absolute Gasteiger partial charge is 0.494 e. The fourth-order valence-corrected chi connectivity index (χ4v) is 6.25. The lowest BCUT2D eigenvalue weighted by molar-refractivity contribution is -0.124. The SMILES string of the molecule is CCCOc1ccc(NC(=O)CC2C(=O)N(c3ccc(Cl)cc3)C(=S)N2CCCN2CCN(c3cccc(Cl)c3)CC2)cc1. The monoisotopic (exact) mass is 653 g/mol. The van der Waals surface area contributed by atoms with Gasteiger partial charge in [0, 0.05) is 54.1 Å². The van der Waals surface area contributed by atoms with Gasteiger partial charge >= 0.3 is 0 Å². The van der Waals surface area contributed by atoms with E-state index in [1.165, 1.54) is 4.90 Å². The van der Waals surface area contributed by atoms with Crippen molar-refractivity contribution in [3.05, 3.63) is 82.8 Å². The quantitative estimate of drug-likeness (QED) is 0.229. The zero-order valence-corrected chi connectivity index (χ0v) is 27.1. The summed E-state index contributed by atoms with van der Waals surface area (Å²) in [5, 5.41) is 4.64. The minimum absolute atomic E-state index is 0.0184. The molecule has 3 aromatic carbocycles. The lowest BCUT2D eigenvalue weighted by Gasteiger charge is -2.36. The molecular formula is C33H37Cl2N5O3S. The Kier molecular flexibility index (Phi) is 11.0. The number of benzene rings is 3.